The van der Waals surface area contributed by atoms with E-state index in [1.54, 1.807) is 12.1 Å². The first-order chi connectivity index (χ1) is 12.6. The minimum atomic E-state index is -4.86. The maximum atomic E-state index is 12.4. The van der Waals surface area contributed by atoms with Gasteiger partial charge in [-0.2, -0.15) is 0 Å². The maximum absolute atomic E-state index is 12.4. The Bertz CT molecular complexity index is 939. The monoisotopic (exact) mass is 400 g/mol. The van der Waals surface area contributed by atoms with Crippen molar-refractivity contribution in [3.8, 4) is 5.75 Å². The number of sulfonamides is 1. The Morgan fingerprint density at radius 1 is 1.04 bits per heavy atom. The third-order valence-corrected chi connectivity index (χ3v) is 5.10. The zero-order chi connectivity index (χ0) is 19.7. The van der Waals surface area contributed by atoms with Crippen LogP contribution in [-0.2, 0) is 14.8 Å². The molecule has 0 aliphatic heterocycles. The zero-order valence-electron chi connectivity index (χ0n) is 13.8. The molecule has 1 aliphatic rings. The smallest absolute Gasteiger partial charge is 0.406 e. The van der Waals surface area contributed by atoms with E-state index in [0.29, 0.717) is 5.69 Å². The van der Waals surface area contributed by atoms with E-state index >= 15 is 0 Å². The average molecular weight is 400 g/mol. The summed E-state index contributed by atoms with van der Waals surface area (Å²) in [4.78, 5) is 11.6. The van der Waals surface area contributed by atoms with E-state index < -0.39 is 22.1 Å². The van der Waals surface area contributed by atoms with Gasteiger partial charge in [0.25, 0.3) is 10.0 Å². The number of amides is 1. The molecule has 0 radical (unpaired) electrons. The number of benzene rings is 2. The molecule has 1 fully saturated rings. The third kappa shape index (κ3) is 5.36. The molecule has 1 amide bonds. The highest BCUT2D eigenvalue weighted by Gasteiger charge is 2.31. The first kappa shape index (κ1) is 19.0. The quantitative estimate of drug-likeness (QED) is 0.774. The van der Waals surface area contributed by atoms with Crippen molar-refractivity contribution in [2.45, 2.75) is 24.1 Å². The number of alkyl halides is 3. The maximum Gasteiger partial charge on any atom is 0.573 e. The van der Waals surface area contributed by atoms with Gasteiger partial charge in [-0.25, -0.2) is 8.42 Å². The minimum absolute atomic E-state index is 0.00257. The van der Waals surface area contributed by atoms with Crippen molar-refractivity contribution in [1.29, 1.82) is 0 Å². The Morgan fingerprint density at radius 3 is 2.26 bits per heavy atom. The highest BCUT2D eigenvalue weighted by atomic mass is 32.2. The number of anilines is 2. The molecule has 2 N–H and O–H groups in total. The van der Waals surface area contributed by atoms with Gasteiger partial charge in [0.1, 0.15) is 5.75 Å². The molecule has 0 atom stereocenters. The van der Waals surface area contributed by atoms with Gasteiger partial charge in [-0.1, -0.05) is 6.07 Å². The lowest BCUT2D eigenvalue weighted by atomic mass is 10.2. The van der Waals surface area contributed by atoms with Crippen molar-refractivity contribution in [3.63, 3.8) is 0 Å². The lowest BCUT2D eigenvalue weighted by molar-refractivity contribution is -0.274. The second-order valence-corrected chi connectivity index (χ2v) is 7.65. The summed E-state index contributed by atoms with van der Waals surface area (Å²) in [6.45, 7) is 0. The number of nitrogens with one attached hydrogen (secondary N) is 2. The highest BCUT2D eigenvalue weighted by molar-refractivity contribution is 7.92. The number of halogens is 3. The molecule has 1 aliphatic carbocycles. The second kappa shape index (κ2) is 7.10. The van der Waals surface area contributed by atoms with E-state index in [1.165, 1.54) is 12.1 Å². The number of rotatable bonds is 6. The molecule has 0 aromatic heterocycles. The Hall–Kier alpha value is -2.75. The van der Waals surface area contributed by atoms with Gasteiger partial charge in [-0.05, 0) is 55.3 Å². The molecule has 2 aromatic carbocycles. The SMILES string of the molecule is O=C(Nc1cccc(NS(=O)(=O)c2ccc(OC(F)(F)F)cc2)c1)C1CC1. The summed E-state index contributed by atoms with van der Waals surface area (Å²) < 4.78 is 67.3. The summed E-state index contributed by atoms with van der Waals surface area (Å²) in [5, 5.41) is 2.70. The number of hydrogen-bond acceptors (Lipinski definition) is 4. The molecule has 1 saturated carbocycles. The lowest BCUT2D eigenvalue weighted by Crippen LogP contribution is -2.17. The average Bonchev–Trinajstić information content (AvgIpc) is 3.38. The van der Waals surface area contributed by atoms with Crippen LogP contribution in [-0.4, -0.2) is 20.7 Å². The number of ether oxygens (including phenoxy) is 1. The van der Waals surface area contributed by atoms with Gasteiger partial charge < -0.3 is 10.1 Å². The predicted octanol–water partition coefficient (Wildman–Crippen LogP) is 3.73. The standard InChI is InChI=1S/C17H15F3N2O4S/c18-17(19,20)26-14-6-8-15(9-7-14)27(24,25)22-13-3-1-2-12(10-13)21-16(23)11-4-5-11/h1-3,6-11,22H,4-5H2,(H,21,23). The summed E-state index contributed by atoms with van der Waals surface area (Å²) in [6, 6.07) is 9.97. The summed E-state index contributed by atoms with van der Waals surface area (Å²) in [5.41, 5.74) is 0.653. The minimum Gasteiger partial charge on any atom is -0.406 e. The summed E-state index contributed by atoms with van der Waals surface area (Å²) in [5.74, 6) is -0.635. The van der Waals surface area contributed by atoms with Crippen LogP contribution in [0, 0.1) is 5.92 Å². The van der Waals surface area contributed by atoms with Crippen molar-refractivity contribution < 1.29 is 31.1 Å². The molecule has 27 heavy (non-hydrogen) atoms. The van der Waals surface area contributed by atoms with Crippen LogP contribution in [0.25, 0.3) is 0 Å². The second-order valence-electron chi connectivity index (χ2n) is 5.97. The van der Waals surface area contributed by atoms with E-state index in [-0.39, 0.29) is 22.4 Å². The molecule has 3 rings (SSSR count). The first-order valence-electron chi connectivity index (χ1n) is 7.92. The van der Waals surface area contributed by atoms with E-state index in [4.69, 9.17) is 0 Å². The van der Waals surface area contributed by atoms with Gasteiger partial charge in [0.15, 0.2) is 0 Å². The molecule has 2 aromatic rings. The Kier molecular flexibility index (Phi) is 5.01. The third-order valence-electron chi connectivity index (χ3n) is 3.70. The van der Waals surface area contributed by atoms with E-state index in [9.17, 15) is 26.4 Å². The summed E-state index contributed by atoms with van der Waals surface area (Å²) in [6.07, 6.45) is -3.18. The van der Waals surface area contributed by atoms with Gasteiger partial charge in [-0.15, -0.1) is 13.2 Å². The molecular formula is C17H15F3N2O4S. The molecular weight excluding hydrogens is 385 g/mol. The van der Waals surface area contributed by atoms with Crippen LogP contribution in [0.2, 0.25) is 0 Å². The van der Waals surface area contributed by atoms with Crippen molar-refractivity contribution >= 4 is 27.3 Å². The van der Waals surface area contributed by atoms with Gasteiger partial charge in [0.2, 0.25) is 5.91 Å². The van der Waals surface area contributed by atoms with Gasteiger partial charge in [-0.3, -0.25) is 9.52 Å². The predicted molar refractivity (Wildman–Crippen MR) is 91.7 cm³/mol. The number of hydrogen-bond donors (Lipinski definition) is 2. The van der Waals surface area contributed by atoms with Crippen LogP contribution in [0.15, 0.2) is 53.4 Å². The topological polar surface area (TPSA) is 84.5 Å². The summed E-state index contributed by atoms with van der Waals surface area (Å²) in [7, 11) is -4.02. The fraction of sp³-hybridized carbons (Fsp3) is 0.235. The van der Waals surface area contributed by atoms with Crippen molar-refractivity contribution in [2.24, 2.45) is 5.92 Å². The molecule has 0 bridgehead atoms. The molecule has 6 nitrogen and oxygen atoms in total. The fourth-order valence-corrected chi connectivity index (χ4v) is 3.33. The zero-order valence-corrected chi connectivity index (χ0v) is 14.6. The molecule has 0 spiro atoms. The van der Waals surface area contributed by atoms with E-state index in [1.807, 2.05) is 0 Å². The number of carbonyl (C=O) groups excluding carboxylic acids is 1. The van der Waals surface area contributed by atoms with Gasteiger partial charge in [0, 0.05) is 11.6 Å². The van der Waals surface area contributed by atoms with Crippen LogP contribution in [0.5, 0.6) is 5.75 Å². The molecule has 10 heteroatoms. The van der Waals surface area contributed by atoms with Gasteiger partial charge in [0.05, 0.1) is 10.6 Å². The van der Waals surface area contributed by atoms with Crippen LogP contribution in [0.1, 0.15) is 12.8 Å². The fourth-order valence-electron chi connectivity index (χ4n) is 2.28. The Balaban J connectivity index is 1.71. The van der Waals surface area contributed by atoms with Crippen molar-refractivity contribution in [3.05, 3.63) is 48.5 Å². The lowest BCUT2D eigenvalue weighted by Gasteiger charge is -2.12. The Labute approximate surface area is 153 Å². The molecule has 0 heterocycles. The van der Waals surface area contributed by atoms with Crippen LogP contribution < -0.4 is 14.8 Å². The van der Waals surface area contributed by atoms with Crippen LogP contribution in [0.3, 0.4) is 0 Å². The van der Waals surface area contributed by atoms with Gasteiger partial charge >= 0.3 is 6.36 Å². The van der Waals surface area contributed by atoms with E-state index in [2.05, 4.69) is 14.8 Å². The molecule has 144 valence electrons. The highest BCUT2D eigenvalue weighted by Crippen LogP contribution is 2.30. The molecule has 0 unspecified atom stereocenters. The normalized spacial score (nSPS) is 14.5. The van der Waals surface area contributed by atoms with Crippen LogP contribution in [0.4, 0.5) is 24.5 Å². The largest absolute Gasteiger partial charge is 0.573 e. The number of carbonyl (C=O) groups is 1. The van der Waals surface area contributed by atoms with Crippen molar-refractivity contribution in [1.82, 2.24) is 0 Å². The van der Waals surface area contributed by atoms with E-state index in [0.717, 1.165) is 37.1 Å². The summed E-state index contributed by atoms with van der Waals surface area (Å²) >= 11 is 0. The van der Waals surface area contributed by atoms with Crippen molar-refractivity contribution in [2.75, 3.05) is 10.0 Å². The first-order valence-corrected chi connectivity index (χ1v) is 9.40. The molecule has 0 saturated heterocycles. The van der Waals surface area contributed by atoms with Crippen LogP contribution >= 0.6 is 0 Å². The Morgan fingerprint density at radius 2 is 1.67 bits per heavy atom.